The summed E-state index contributed by atoms with van der Waals surface area (Å²) in [7, 11) is 1.87. The second kappa shape index (κ2) is 15.0. The van der Waals surface area contributed by atoms with Gasteiger partial charge in [-0.2, -0.15) is 4.98 Å². The summed E-state index contributed by atoms with van der Waals surface area (Å²) in [6, 6.07) is 13.1. The van der Waals surface area contributed by atoms with Gasteiger partial charge in [0.05, 0.1) is 5.52 Å². The highest BCUT2D eigenvalue weighted by Gasteiger charge is 2.32. The Balaban J connectivity index is 0.00000253. The molecular formula is C26H33BrCl2F3N5O. The van der Waals surface area contributed by atoms with E-state index in [1.54, 1.807) is 12.1 Å². The van der Waals surface area contributed by atoms with Crippen molar-refractivity contribution >= 4 is 63.4 Å². The number of benzene rings is 2. The van der Waals surface area contributed by atoms with E-state index in [1.807, 2.05) is 31.3 Å². The van der Waals surface area contributed by atoms with E-state index in [0.29, 0.717) is 34.4 Å². The van der Waals surface area contributed by atoms with E-state index in [9.17, 15) is 13.2 Å². The molecule has 2 aromatic carbocycles. The average Bonchev–Trinajstić information content (AvgIpc) is 2.84. The van der Waals surface area contributed by atoms with Gasteiger partial charge in [0.15, 0.2) is 0 Å². The molecule has 0 unspecified atom stereocenters. The smallest absolute Gasteiger partial charge is 0.405 e. The van der Waals surface area contributed by atoms with Crippen molar-refractivity contribution in [2.24, 2.45) is 5.92 Å². The van der Waals surface area contributed by atoms with Gasteiger partial charge in [-0.05, 0) is 87.4 Å². The van der Waals surface area contributed by atoms with Crippen LogP contribution in [-0.2, 0) is 6.42 Å². The summed E-state index contributed by atoms with van der Waals surface area (Å²) in [4.78, 5) is 9.31. The Bertz CT molecular complexity index is 1160. The highest BCUT2D eigenvalue weighted by atomic mass is 79.9. The molecule has 1 heterocycles. The third-order valence-corrected chi connectivity index (χ3v) is 7.00. The molecule has 1 fully saturated rings. The zero-order valence-electron chi connectivity index (χ0n) is 21.0. The van der Waals surface area contributed by atoms with Gasteiger partial charge in [-0.15, -0.1) is 38.0 Å². The molecule has 0 saturated heterocycles. The van der Waals surface area contributed by atoms with Crippen molar-refractivity contribution in [3.63, 3.8) is 0 Å². The van der Waals surface area contributed by atoms with Crippen molar-refractivity contribution < 1.29 is 17.9 Å². The lowest BCUT2D eigenvalue weighted by molar-refractivity contribution is -0.274. The first-order valence-corrected chi connectivity index (χ1v) is 13.1. The Morgan fingerprint density at radius 1 is 1.03 bits per heavy atom. The second-order valence-corrected chi connectivity index (χ2v) is 10.0. The topological polar surface area (TPSA) is 71.1 Å². The molecule has 0 amide bonds. The number of para-hydroxylation sites is 1. The standard InChI is InChI=1S/C26H31BrF3N5O.2ClH/c1-31-24-21-6-2-3-7-22(21)34-25(35-24)33-20-12-8-17(9-13-20)16-32-14-4-5-18-10-11-19(27)15-23(18)36-26(28,29)30;;/h2-3,6-7,10-11,15,17,20,32H,4-5,8-9,12-14,16H2,1H3,(H2,31,33,34,35);2*1H/t17-,20+;;. The number of nitrogens with zero attached hydrogens (tertiary/aromatic N) is 2. The van der Waals surface area contributed by atoms with Crippen LogP contribution in [0.5, 0.6) is 5.75 Å². The van der Waals surface area contributed by atoms with Gasteiger partial charge in [-0.25, -0.2) is 4.98 Å². The zero-order chi connectivity index (χ0) is 25.5. The summed E-state index contributed by atoms with van der Waals surface area (Å²) < 4.78 is 42.8. The Morgan fingerprint density at radius 3 is 2.47 bits per heavy atom. The molecule has 4 rings (SSSR count). The van der Waals surface area contributed by atoms with Crippen molar-refractivity contribution in [3.05, 3.63) is 52.5 Å². The van der Waals surface area contributed by atoms with Gasteiger partial charge in [0.25, 0.3) is 0 Å². The number of alkyl halides is 3. The molecular weight excluding hydrogens is 606 g/mol. The van der Waals surface area contributed by atoms with Crippen LogP contribution in [0.25, 0.3) is 10.9 Å². The van der Waals surface area contributed by atoms with Gasteiger partial charge < -0.3 is 20.7 Å². The average molecular weight is 639 g/mol. The quantitative estimate of drug-likeness (QED) is 0.202. The summed E-state index contributed by atoms with van der Waals surface area (Å²) in [6.07, 6.45) is 0.864. The molecule has 1 saturated carbocycles. The number of aromatic nitrogens is 2. The zero-order valence-corrected chi connectivity index (χ0v) is 24.2. The maximum Gasteiger partial charge on any atom is 0.573 e. The molecule has 0 radical (unpaired) electrons. The third-order valence-electron chi connectivity index (χ3n) is 6.51. The predicted molar refractivity (Wildman–Crippen MR) is 155 cm³/mol. The van der Waals surface area contributed by atoms with Crippen molar-refractivity contribution in [3.8, 4) is 5.75 Å². The molecule has 1 aliphatic carbocycles. The number of fused-ring (bicyclic) bond motifs is 1. The molecule has 0 atom stereocenters. The minimum atomic E-state index is -4.70. The number of aryl methyl sites for hydroxylation is 1. The Hall–Kier alpha value is -2.01. The molecule has 1 aliphatic rings. The lowest BCUT2D eigenvalue weighted by Crippen LogP contribution is -2.32. The van der Waals surface area contributed by atoms with Crippen LogP contribution >= 0.6 is 40.7 Å². The van der Waals surface area contributed by atoms with Gasteiger partial charge >= 0.3 is 6.36 Å². The number of halogens is 6. The molecule has 12 heteroatoms. The fraction of sp³-hybridized carbons (Fsp3) is 0.462. The molecule has 0 aliphatic heterocycles. The van der Waals surface area contributed by atoms with E-state index in [2.05, 4.69) is 46.6 Å². The molecule has 0 spiro atoms. The summed E-state index contributed by atoms with van der Waals surface area (Å²) in [6.45, 7) is 1.66. The minimum absolute atomic E-state index is 0. The summed E-state index contributed by atoms with van der Waals surface area (Å²) in [5, 5.41) is 11.1. The first-order valence-electron chi connectivity index (χ1n) is 12.3. The monoisotopic (exact) mass is 637 g/mol. The van der Waals surface area contributed by atoms with E-state index >= 15 is 0 Å². The van der Waals surface area contributed by atoms with Crippen molar-refractivity contribution in [2.75, 3.05) is 30.8 Å². The van der Waals surface area contributed by atoms with Crippen LogP contribution < -0.4 is 20.7 Å². The lowest BCUT2D eigenvalue weighted by atomic mass is 9.86. The van der Waals surface area contributed by atoms with E-state index in [1.165, 1.54) is 6.07 Å². The van der Waals surface area contributed by atoms with Gasteiger partial charge in [-0.1, -0.05) is 34.1 Å². The summed E-state index contributed by atoms with van der Waals surface area (Å²) in [5.41, 5.74) is 1.47. The minimum Gasteiger partial charge on any atom is -0.405 e. The fourth-order valence-corrected chi connectivity index (χ4v) is 5.03. The van der Waals surface area contributed by atoms with Crippen LogP contribution in [0.15, 0.2) is 46.9 Å². The molecule has 6 nitrogen and oxygen atoms in total. The number of hydrogen-bond acceptors (Lipinski definition) is 6. The SMILES string of the molecule is CNc1nc(N[C@H]2CC[C@@H](CNCCCc3ccc(Br)cc3OC(F)(F)F)CC2)nc2ccccc12.Cl.Cl. The van der Waals surface area contributed by atoms with Gasteiger partial charge in [0.1, 0.15) is 11.6 Å². The van der Waals surface area contributed by atoms with Crippen LogP contribution in [0.2, 0.25) is 0 Å². The molecule has 3 N–H and O–H groups in total. The Kier molecular flexibility index (Phi) is 12.7. The lowest BCUT2D eigenvalue weighted by Gasteiger charge is -2.29. The van der Waals surface area contributed by atoms with Crippen LogP contribution in [-0.4, -0.2) is 42.5 Å². The maximum absolute atomic E-state index is 12.7. The van der Waals surface area contributed by atoms with E-state index in [0.717, 1.165) is 61.9 Å². The first-order chi connectivity index (χ1) is 17.3. The number of nitrogens with one attached hydrogen (secondary N) is 3. The normalized spacial score (nSPS) is 17.3. The Morgan fingerprint density at radius 2 is 1.76 bits per heavy atom. The molecule has 38 heavy (non-hydrogen) atoms. The van der Waals surface area contributed by atoms with Gasteiger partial charge in [0.2, 0.25) is 5.95 Å². The molecule has 0 bridgehead atoms. The van der Waals surface area contributed by atoms with Gasteiger partial charge in [-0.3, -0.25) is 0 Å². The van der Waals surface area contributed by atoms with Gasteiger partial charge in [0, 0.05) is 22.9 Å². The first kappa shape index (κ1) is 32.2. The number of hydrogen-bond donors (Lipinski definition) is 3. The van der Waals surface area contributed by atoms with Crippen molar-refractivity contribution in [1.82, 2.24) is 15.3 Å². The third kappa shape index (κ3) is 9.32. The van der Waals surface area contributed by atoms with Crippen LogP contribution in [0.1, 0.15) is 37.7 Å². The highest BCUT2D eigenvalue weighted by Crippen LogP contribution is 2.30. The number of anilines is 2. The van der Waals surface area contributed by atoms with Crippen LogP contribution in [0, 0.1) is 5.92 Å². The van der Waals surface area contributed by atoms with Crippen molar-refractivity contribution in [2.45, 2.75) is 50.9 Å². The highest BCUT2D eigenvalue weighted by molar-refractivity contribution is 9.10. The number of rotatable bonds is 10. The second-order valence-electron chi connectivity index (χ2n) is 9.13. The summed E-state index contributed by atoms with van der Waals surface area (Å²) in [5.74, 6) is 1.92. The maximum atomic E-state index is 12.7. The Labute approximate surface area is 241 Å². The van der Waals surface area contributed by atoms with E-state index in [-0.39, 0.29) is 30.6 Å². The molecule has 210 valence electrons. The fourth-order valence-electron chi connectivity index (χ4n) is 4.69. The van der Waals surface area contributed by atoms with Crippen molar-refractivity contribution in [1.29, 1.82) is 0 Å². The molecule has 1 aromatic heterocycles. The van der Waals surface area contributed by atoms with E-state index in [4.69, 9.17) is 0 Å². The van der Waals surface area contributed by atoms with Crippen LogP contribution in [0.3, 0.4) is 0 Å². The largest absolute Gasteiger partial charge is 0.573 e. The van der Waals surface area contributed by atoms with E-state index < -0.39 is 6.36 Å². The summed E-state index contributed by atoms with van der Waals surface area (Å²) >= 11 is 3.21. The molecule has 3 aromatic rings. The van der Waals surface area contributed by atoms with Crippen LogP contribution in [0.4, 0.5) is 24.9 Å². The number of ether oxygens (including phenoxy) is 1. The predicted octanol–water partition coefficient (Wildman–Crippen LogP) is 7.37.